The zero-order valence-corrected chi connectivity index (χ0v) is 10.7. The standard InChI is InChI=1S/C16H22/c1-15(2)13-9-10-16(15,3)14(11-13)12-7-5-4-6-8-12/h4-8,13-14H,9-11H2,1-3H3/t13-,14?,16-/m1/s1. The summed E-state index contributed by atoms with van der Waals surface area (Å²) in [5.41, 5.74) is 2.63. The molecule has 2 fully saturated rings. The Bertz CT molecular complexity index is 390. The summed E-state index contributed by atoms with van der Waals surface area (Å²) >= 11 is 0. The summed E-state index contributed by atoms with van der Waals surface area (Å²) in [6.45, 7) is 7.51. The van der Waals surface area contributed by atoms with Crippen molar-refractivity contribution in [3.05, 3.63) is 35.9 Å². The van der Waals surface area contributed by atoms with Crippen LogP contribution in [0.15, 0.2) is 30.3 Å². The van der Waals surface area contributed by atoms with Crippen LogP contribution in [-0.4, -0.2) is 0 Å². The van der Waals surface area contributed by atoms with E-state index in [1.54, 1.807) is 5.56 Å². The molecule has 16 heavy (non-hydrogen) atoms. The second-order valence-corrected chi connectivity index (χ2v) is 6.57. The fourth-order valence-electron chi connectivity index (χ4n) is 4.39. The largest absolute Gasteiger partial charge is 0.0622 e. The molecule has 0 amide bonds. The molecule has 0 nitrogen and oxygen atoms in total. The van der Waals surface area contributed by atoms with E-state index in [1.807, 2.05) is 0 Å². The molecule has 0 heteroatoms. The van der Waals surface area contributed by atoms with Gasteiger partial charge >= 0.3 is 0 Å². The van der Waals surface area contributed by atoms with E-state index in [1.165, 1.54) is 19.3 Å². The highest BCUT2D eigenvalue weighted by molar-refractivity contribution is 5.28. The van der Waals surface area contributed by atoms with Crippen LogP contribution in [0.25, 0.3) is 0 Å². The minimum Gasteiger partial charge on any atom is -0.0622 e. The van der Waals surface area contributed by atoms with Gasteiger partial charge in [0, 0.05) is 0 Å². The van der Waals surface area contributed by atoms with Gasteiger partial charge in [0.05, 0.1) is 0 Å². The van der Waals surface area contributed by atoms with Crippen LogP contribution in [0, 0.1) is 16.7 Å². The summed E-state index contributed by atoms with van der Waals surface area (Å²) in [5, 5.41) is 0. The topological polar surface area (TPSA) is 0 Å². The van der Waals surface area contributed by atoms with Gasteiger partial charge < -0.3 is 0 Å². The Morgan fingerprint density at radius 1 is 1.06 bits per heavy atom. The Morgan fingerprint density at radius 2 is 1.75 bits per heavy atom. The van der Waals surface area contributed by atoms with E-state index in [9.17, 15) is 0 Å². The van der Waals surface area contributed by atoms with Gasteiger partial charge in [-0.15, -0.1) is 0 Å². The lowest BCUT2D eigenvalue weighted by molar-refractivity contribution is 0.134. The highest BCUT2D eigenvalue weighted by Gasteiger charge is 2.61. The van der Waals surface area contributed by atoms with E-state index in [2.05, 4.69) is 51.1 Å². The summed E-state index contributed by atoms with van der Waals surface area (Å²) in [6.07, 6.45) is 4.28. The van der Waals surface area contributed by atoms with Crippen molar-refractivity contribution < 1.29 is 0 Å². The van der Waals surface area contributed by atoms with Crippen LogP contribution in [0.2, 0.25) is 0 Å². The Labute approximate surface area is 99.1 Å². The number of benzene rings is 1. The van der Waals surface area contributed by atoms with Gasteiger partial charge in [0.2, 0.25) is 0 Å². The van der Waals surface area contributed by atoms with E-state index in [0.29, 0.717) is 10.8 Å². The van der Waals surface area contributed by atoms with Crippen molar-refractivity contribution >= 4 is 0 Å². The molecule has 0 N–H and O–H groups in total. The lowest BCUT2D eigenvalue weighted by Gasteiger charge is -2.39. The maximum absolute atomic E-state index is 2.53. The van der Waals surface area contributed by atoms with Crippen LogP contribution in [0.3, 0.4) is 0 Å². The molecule has 0 radical (unpaired) electrons. The normalized spacial score (nSPS) is 40.2. The third kappa shape index (κ3) is 1.11. The van der Waals surface area contributed by atoms with Crippen LogP contribution in [0.4, 0.5) is 0 Å². The monoisotopic (exact) mass is 214 g/mol. The van der Waals surface area contributed by atoms with Gasteiger partial charge in [0.15, 0.2) is 0 Å². The third-order valence-corrected chi connectivity index (χ3v) is 6.00. The molecule has 3 atom stereocenters. The van der Waals surface area contributed by atoms with Crippen molar-refractivity contribution in [2.75, 3.05) is 0 Å². The molecular weight excluding hydrogens is 192 g/mol. The lowest BCUT2D eigenvalue weighted by Crippen LogP contribution is -2.31. The summed E-state index contributed by atoms with van der Waals surface area (Å²) < 4.78 is 0. The molecule has 1 unspecified atom stereocenters. The summed E-state index contributed by atoms with van der Waals surface area (Å²) in [4.78, 5) is 0. The lowest BCUT2D eigenvalue weighted by atomic mass is 9.65. The van der Waals surface area contributed by atoms with Crippen molar-refractivity contribution in [2.24, 2.45) is 16.7 Å². The number of hydrogen-bond donors (Lipinski definition) is 0. The smallest absolute Gasteiger partial charge is 0.00999 e. The molecule has 1 aromatic carbocycles. The van der Waals surface area contributed by atoms with Gasteiger partial charge in [0.25, 0.3) is 0 Å². The molecule has 2 saturated carbocycles. The number of hydrogen-bond acceptors (Lipinski definition) is 0. The molecule has 2 aliphatic rings. The highest BCUT2D eigenvalue weighted by Crippen LogP contribution is 2.70. The maximum atomic E-state index is 2.53. The molecule has 0 aliphatic heterocycles. The van der Waals surface area contributed by atoms with Crippen LogP contribution in [0.5, 0.6) is 0 Å². The second kappa shape index (κ2) is 3.12. The summed E-state index contributed by atoms with van der Waals surface area (Å²) in [5.74, 6) is 1.74. The third-order valence-electron chi connectivity index (χ3n) is 6.00. The van der Waals surface area contributed by atoms with Crippen LogP contribution in [-0.2, 0) is 0 Å². The van der Waals surface area contributed by atoms with Crippen LogP contribution >= 0.6 is 0 Å². The second-order valence-electron chi connectivity index (χ2n) is 6.57. The predicted octanol–water partition coefficient (Wildman–Crippen LogP) is 4.62. The van der Waals surface area contributed by atoms with Crippen LogP contribution in [0.1, 0.15) is 51.5 Å². The molecule has 3 rings (SSSR count). The Hall–Kier alpha value is -0.780. The molecule has 0 heterocycles. The average molecular weight is 214 g/mol. The fourth-order valence-corrected chi connectivity index (χ4v) is 4.39. The Kier molecular flexibility index (Phi) is 2.02. The molecular formula is C16H22. The predicted molar refractivity (Wildman–Crippen MR) is 68.4 cm³/mol. The first-order valence-electron chi connectivity index (χ1n) is 6.61. The van der Waals surface area contributed by atoms with Gasteiger partial charge in [0.1, 0.15) is 0 Å². The summed E-state index contributed by atoms with van der Waals surface area (Å²) in [6, 6.07) is 11.2. The van der Waals surface area contributed by atoms with E-state index < -0.39 is 0 Å². The molecule has 86 valence electrons. The maximum Gasteiger partial charge on any atom is -0.00999 e. The summed E-state index contributed by atoms with van der Waals surface area (Å²) in [7, 11) is 0. The van der Waals surface area contributed by atoms with E-state index in [4.69, 9.17) is 0 Å². The van der Waals surface area contributed by atoms with Crippen molar-refractivity contribution in [1.82, 2.24) is 0 Å². The van der Waals surface area contributed by atoms with Crippen LogP contribution < -0.4 is 0 Å². The molecule has 0 spiro atoms. The van der Waals surface area contributed by atoms with Gasteiger partial charge in [-0.1, -0.05) is 51.1 Å². The molecule has 1 aromatic rings. The van der Waals surface area contributed by atoms with Gasteiger partial charge in [-0.2, -0.15) is 0 Å². The van der Waals surface area contributed by atoms with E-state index >= 15 is 0 Å². The minimum absolute atomic E-state index is 0.527. The van der Waals surface area contributed by atoms with Crippen molar-refractivity contribution in [3.8, 4) is 0 Å². The van der Waals surface area contributed by atoms with Crippen molar-refractivity contribution in [3.63, 3.8) is 0 Å². The number of fused-ring (bicyclic) bond motifs is 2. The van der Waals surface area contributed by atoms with Gasteiger partial charge in [-0.25, -0.2) is 0 Å². The van der Waals surface area contributed by atoms with Gasteiger partial charge in [-0.3, -0.25) is 0 Å². The first kappa shape index (κ1) is 10.4. The van der Waals surface area contributed by atoms with Crippen molar-refractivity contribution in [1.29, 1.82) is 0 Å². The zero-order chi connectivity index (χ0) is 11.4. The Balaban J connectivity index is 2.02. The Morgan fingerprint density at radius 3 is 2.25 bits per heavy atom. The minimum atomic E-state index is 0.527. The average Bonchev–Trinajstić information content (AvgIpc) is 2.62. The van der Waals surface area contributed by atoms with Crippen molar-refractivity contribution in [2.45, 2.75) is 46.0 Å². The molecule has 0 saturated heterocycles. The quantitative estimate of drug-likeness (QED) is 0.640. The first-order chi connectivity index (χ1) is 7.56. The van der Waals surface area contributed by atoms with E-state index in [0.717, 1.165) is 11.8 Å². The first-order valence-corrected chi connectivity index (χ1v) is 6.61. The fraction of sp³-hybridized carbons (Fsp3) is 0.625. The van der Waals surface area contributed by atoms with Gasteiger partial charge in [-0.05, 0) is 47.5 Å². The SMILES string of the molecule is CC1(C)[C@@H]2CC[C@]1(C)C(c1ccccc1)C2. The zero-order valence-electron chi connectivity index (χ0n) is 10.7. The molecule has 2 bridgehead atoms. The van der Waals surface area contributed by atoms with E-state index in [-0.39, 0.29) is 0 Å². The highest BCUT2D eigenvalue weighted by atomic mass is 14.6. The molecule has 0 aromatic heterocycles. The number of rotatable bonds is 1. The molecule has 2 aliphatic carbocycles.